The van der Waals surface area contributed by atoms with Crippen LogP contribution in [0.1, 0.15) is 0 Å². The zero-order chi connectivity index (χ0) is 9.84. The molecule has 0 aromatic rings. The number of halogens is 1. The fourth-order valence-corrected chi connectivity index (χ4v) is 4.09. The van der Waals surface area contributed by atoms with E-state index in [1.165, 1.54) is 7.11 Å². The van der Waals surface area contributed by atoms with Gasteiger partial charge in [0.2, 0.25) is 0 Å². The Balaban J connectivity index is 2.85. The Kier molecular flexibility index (Phi) is 3.53. The van der Waals surface area contributed by atoms with E-state index in [2.05, 4.69) is 0 Å². The molecule has 1 rings (SSSR count). The van der Waals surface area contributed by atoms with E-state index in [9.17, 15) is 14.5 Å². The van der Waals surface area contributed by atoms with E-state index in [-0.39, 0.29) is 5.57 Å². The third-order valence-corrected chi connectivity index (χ3v) is 4.39. The van der Waals surface area contributed by atoms with Gasteiger partial charge in [0.05, 0.1) is 0 Å². The third-order valence-electron chi connectivity index (χ3n) is 1.47. The van der Waals surface area contributed by atoms with Gasteiger partial charge in [0.1, 0.15) is 0 Å². The average Bonchev–Trinajstić information content (AvgIpc) is 2.49. The van der Waals surface area contributed by atoms with Gasteiger partial charge in [-0.05, 0) is 0 Å². The van der Waals surface area contributed by atoms with Crippen molar-refractivity contribution < 1.29 is 14.1 Å². The van der Waals surface area contributed by atoms with Crippen LogP contribution < -0.4 is 0 Å². The van der Waals surface area contributed by atoms with Gasteiger partial charge in [-0.15, -0.1) is 0 Å². The van der Waals surface area contributed by atoms with E-state index in [1.54, 1.807) is 3.83 Å². The molecule has 67 valence electrons. The zero-order valence-corrected chi connectivity index (χ0v) is 10.2. The van der Waals surface area contributed by atoms with Gasteiger partial charge in [-0.3, -0.25) is 0 Å². The van der Waals surface area contributed by atoms with Gasteiger partial charge in [0.25, 0.3) is 0 Å². The Bertz CT molecular complexity index is 322. The molecule has 0 spiro atoms. The second kappa shape index (κ2) is 4.45. The summed E-state index contributed by atoms with van der Waals surface area (Å²) in [6, 6.07) is 0. The monoisotopic (exact) mass is 286 g/mol. The molecule has 6 heteroatoms. The van der Waals surface area contributed by atoms with Gasteiger partial charge in [0, 0.05) is 0 Å². The summed E-state index contributed by atoms with van der Waals surface area (Å²) in [7, 11) is 1.42. The Morgan fingerprint density at radius 1 is 1.77 bits per heavy atom. The number of nitrogens with zero attached hydrogens (tertiary/aromatic N) is 1. The number of hydrogen-bond donors (Lipinski definition) is 0. The summed E-state index contributed by atoms with van der Waals surface area (Å²) in [5, 5.41) is 9.98. The van der Waals surface area contributed by atoms with Crippen molar-refractivity contribution in [2.24, 2.45) is 0 Å². The van der Waals surface area contributed by atoms with Crippen molar-refractivity contribution in [3.8, 4) is 0 Å². The van der Waals surface area contributed by atoms with Gasteiger partial charge in [-0.1, -0.05) is 0 Å². The minimum absolute atomic E-state index is 0.236. The summed E-state index contributed by atoms with van der Waals surface area (Å²) in [5.74, 6) is -0.404. The summed E-state index contributed by atoms with van der Waals surface area (Å²) in [6.07, 6.45) is 0.354. The minimum atomic E-state index is -1.01. The second-order valence-corrected chi connectivity index (χ2v) is 5.27. The van der Waals surface area contributed by atoms with Crippen molar-refractivity contribution in [2.45, 2.75) is 0 Å². The van der Waals surface area contributed by atoms with Gasteiger partial charge in [0.15, 0.2) is 0 Å². The first-order valence-electron chi connectivity index (χ1n) is 3.46. The first-order chi connectivity index (χ1) is 6.15. The van der Waals surface area contributed by atoms with Crippen molar-refractivity contribution in [2.75, 3.05) is 7.11 Å². The molecule has 0 unspecified atom stereocenters. The number of allylic oxidation sites excluding steroid dienone is 1. The topological polar surface area (TPSA) is 52.4 Å². The Hall–Kier alpha value is -0.780. The van der Waals surface area contributed by atoms with Crippen LogP contribution in [0.25, 0.3) is 0 Å². The van der Waals surface area contributed by atoms with Crippen LogP contribution in [-0.4, -0.2) is 34.9 Å². The van der Waals surface area contributed by atoms with Crippen molar-refractivity contribution in [1.82, 2.24) is 0 Å². The first kappa shape index (κ1) is 10.3. The second-order valence-electron chi connectivity index (χ2n) is 2.27. The fraction of sp³-hybridized carbons (Fsp3) is 0.143. The van der Waals surface area contributed by atoms with Crippen LogP contribution in [0, 0.1) is 10.1 Å². The first-order valence-corrected chi connectivity index (χ1v) is 7.26. The number of methoxy groups -OCH3 is 1. The maximum atomic E-state index is 13.1. The molecule has 0 saturated carbocycles. The average molecular weight is 286 g/mol. The molecule has 13 heavy (non-hydrogen) atoms. The number of nitro groups is 1. The Morgan fingerprint density at radius 3 is 3.00 bits per heavy atom. The maximum absolute atomic E-state index is 13.1. The van der Waals surface area contributed by atoms with Gasteiger partial charge in [-0.2, -0.15) is 0 Å². The van der Waals surface area contributed by atoms with Crippen molar-refractivity contribution >= 4 is 22.9 Å². The third kappa shape index (κ3) is 2.58. The summed E-state index contributed by atoms with van der Waals surface area (Å²) in [4.78, 5) is 9.17. The Labute approximate surface area is 85.3 Å². The molecular weight excluding hydrogens is 280 g/mol. The molecule has 1 radical (unpaired) electrons. The predicted octanol–water partition coefficient (Wildman–Crippen LogP) is 1.16. The molecule has 0 N–H and O–H groups in total. The molecule has 0 aromatic carbocycles. The van der Waals surface area contributed by atoms with Crippen LogP contribution in [0.5, 0.6) is 0 Å². The van der Waals surface area contributed by atoms with E-state index >= 15 is 0 Å². The SMILES string of the molecule is COC1=[CH][In][CH]=C1/C(F)=C\[N+](=O)[O-]. The van der Waals surface area contributed by atoms with E-state index in [1.807, 2.05) is 3.83 Å². The number of hydrogen-bond acceptors (Lipinski definition) is 3. The summed E-state index contributed by atoms with van der Waals surface area (Å²) in [5.41, 5.74) is 0.236. The molecule has 0 fully saturated rings. The molecule has 0 aromatic heterocycles. The number of ether oxygens (including phenoxy) is 1. The van der Waals surface area contributed by atoms with E-state index < -0.39 is 33.7 Å². The molecule has 0 saturated heterocycles. The van der Waals surface area contributed by atoms with Crippen LogP contribution in [0.3, 0.4) is 0 Å². The quantitative estimate of drug-likeness (QED) is 0.578. The molecule has 0 bridgehead atoms. The van der Waals surface area contributed by atoms with Crippen LogP contribution in [0.2, 0.25) is 0 Å². The molecule has 0 atom stereocenters. The van der Waals surface area contributed by atoms with Crippen LogP contribution in [0.15, 0.2) is 31.0 Å². The molecular formula is C7H6FInNO3. The Morgan fingerprint density at radius 2 is 2.46 bits per heavy atom. The van der Waals surface area contributed by atoms with E-state index in [0.29, 0.717) is 12.0 Å². The number of rotatable bonds is 3. The molecule has 4 nitrogen and oxygen atoms in total. The van der Waals surface area contributed by atoms with Crippen LogP contribution in [0.4, 0.5) is 4.39 Å². The predicted molar refractivity (Wildman–Crippen MR) is 45.1 cm³/mol. The molecule has 1 aliphatic rings. The van der Waals surface area contributed by atoms with Gasteiger partial charge < -0.3 is 0 Å². The van der Waals surface area contributed by atoms with E-state index in [4.69, 9.17) is 4.74 Å². The standard InChI is InChI=1S/C7H6FNO3.In/c1-5(6(2)12-3)7(8)4-9(10)11;/h1-2,4H,3H3;/b5-1?,6-2?,7-4+;. The van der Waals surface area contributed by atoms with Crippen molar-refractivity contribution in [3.05, 3.63) is 41.1 Å². The summed E-state index contributed by atoms with van der Waals surface area (Å²) < 4.78 is 21.5. The van der Waals surface area contributed by atoms with Crippen molar-refractivity contribution in [1.29, 1.82) is 0 Å². The zero-order valence-electron chi connectivity index (χ0n) is 6.86. The van der Waals surface area contributed by atoms with Crippen LogP contribution in [-0.2, 0) is 4.74 Å². The van der Waals surface area contributed by atoms with Gasteiger partial charge in [-0.25, -0.2) is 0 Å². The van der Waals surface area contributed by atoms with Crippen LogP contribution >= 0.6 is 0 Å². The fourth-order valence-electron chi connectivity index (χ4n) is 0.941. The van der Waals surface area contributed by atoms with Gasteiger partial charge >= 0.3 is 85.2 Å². The molecule has 0 aliphatic carbocycles. The normalized spacial score (nSPS) is 16.0. The van der Waals surface area contributed by atoms with E-state index in [0.717, 1.165) is 0 Å². The summed E-state index contributed by atoms with van der Waals surface area (Å²) in [6.45, 7) is 0. The molecule has 1 heterocycles. The molecule has 0 amide bonds. The summed E-state index contributed by atoms with van der Waals surface area (Å²) >= 11 is -1.01. The molecule has 1 aliphatic heterocycles. The van der Waals surface area contributed by atoms with Crippen molar-refractivity contribution in [3.63, 3.8) is 0 Å².